The summed E-state index contributed by atoms with van der Waals surface area (Å²) in [5, 5.41) is 3.18. The highest BCUT2D eigenvalue weighted by Gasteiger charge is 2.15. The molecule has 0 aliphatic carbocycles. The fraction of sp³-hybridized carbons (Fsp3) is 0.571. The molecule has 2 heterocycles. The summed E-state index contributed by atoms with van der Waals surface area (Å²) in [4.78, 5) is 14.8. The molecule has 0 aromatic carbocycles. The van der Waals surface area contributed by atoms with Crippen LogP contribution in [0.5, 0.6) is 0 Å². The van der Waals surface area contributed by atoms with E-state index in [1.54, 1.807) is 6.08 Å². The summed E-state index contributed by atoms with van der Waals surface area (Å²) in [6, 6.07) is 0. The summed E-state index contributed by atoms with van der Waals surface area (Å²) < 4.78 is 5.33. The first-order valence-electron chi connectivity index (χ1n) is 10.1. The van der Waals surface area contributed by atoms with E-state index in [0.717, 1.165) is 18.7 Å². The number of morpholine rings is 1. The lowest BCUT2D eigenvalue weighted by Crippen LogP contribution is -2.37. The maximum atomic E-state index is 5.77. The van der Waals surface area contributed by atoms with Crippen molar-refractivity contribution >= 4 is 17.8 Å². The van der Waals surface area contributed by atoms with Crippen LogP contribution in [0.25, 0.3) is 0 Å². The van der Waals surface area contributed by atoms with Gasteiger partial charge in [-0.25, -0.2) is 0 Å². The predicted molar refractivity (Wildman–Crippen MR) is 123 cm³/mol. The van der Waals surface area contributed by atoms with Gasteiger partial charge < -0.3 is 20.7 Å². The normalized spacial score (nSPS) is 13.2. The Bertz CT molecular complexity index is 566. The smallest absolute Gasteiger partial charge is 0.232 e. The molecule has 1 fully saturated rings. The van der Waals surface area contributed by atoms with Crippen LogP contribution in [0, 0.1) is 0 Å². The fourth-order valence-corrected chi connectivity index (χ4v) is 2.02. The first-order valence-corrected chi connectivity index (χ1v) is 10.1. The average Bonchev–Trinajstić information content (AvgIpc) is 2.75. The molecule has 3 N–H and O–H groups in total. The standard InChI is InChI=1S/C14H22N6O.C3H6.2C2H6/c1-3-5-11(4-2)10-16-13-17-12(15)18-14(19-13)20-6-8-21-9-7-20;1-3-2;2*1-2/h3-5H,6-10H2,1-2H3,(H3,15,16,17,18,19);3H,1H2,2H3;2*1-2H3/b5-3-,11-4+;;;. The van der Waals surface area contributed by atoms with Crippen molar-refractivity contribution in [2.45, 2.75) is 48.5 Å². The summed E-state index contributed by atoms with van der Waals surface area (Å²) in [5.41, 5.74) is 6.93. The number of hydrogen-bond acceptors (Lipinski definition) is 7. The highest BCUT2D eigenvalue weighted by Crippen LogP contribution is 2.13. The molecule has 7 heteroatoms. The summed E-state index contributed by atoms with van der Waals surface area (Å²) in [6.07, 6.45) is 7.83. The number of hydrogen-bond donors (Lipinski definition) is 2. The molecule has 1 aliphatic heterocycles. The zero-order valence-corrected chi connectivity index (χ0v) is 18.8. The molecule has 1 aromatic rings. The lowest BCUT2D eigenvalue weighted by molar-refractivity contribution is 0.122. The largest absolute Gasteiger partial charge is 0.378 e. The Labute approximate surface area is 171 Å². The number of anilines is 3. The third-order valence-electron chi connectivity index (χ3n) is 3.14. The molecule has 0 saturated carbocycles. The second-order valence-corrected chi connectivity index (χ2v) is 5.04. The average molecular weight is 393 g/mol. The molecule has 160 valence electrons. The molecule has 28 heavy (non-hydrogen) atoms. The van der Waals surface area contributed by atoms with Crippen LogP contribution in [-0.2, 0) is 4.74 Å². The molecule has 1 saturated heterocycles. The molecule has 0 atom stereocenters. The molecular weight excluding hydrogens is 352 g/mol. The number of nitrogens with one attached hydrogen (secondary N) is 1. The summed E-state index contributed by atoms with van der Waals surface area (Å²) in [5.74, 6) is 1.32. The Hall–Kier alpha value is -2.41. The second-order valence-electron chi connectivity index (χ2n) is 5.04. The van der Waals surface area contributed by atoms with Crippen LogP contribution in [0.3, 0.4) is 0 Å². The number of aromatic nitrogens is 3. The van der Waals surface area contributed by atoms with Gasteiger partial charge in [0.05, 0.1) is 13.2 Å². The topological polar surface area (TPSA) is 89.2 Å². The van der Waals surface area contributed by atoms with Crippen molar-refractivity contribution in [2.75, 3.05) is 48.8 Å². The van der Waals surface area contributed by atoms with E-state index in [2.05, 4.69) is 31.7 Å². The van der Waals surface area contributed by atoms with Crippen molar-refractivity contribution in [3.05, 3.63) is 36.5 Å². The zero-order valence-electron chi connectivity index (χ0n) is 18.8. The third kappa shape index (κ3) is 12.1. The lowest BCUT2D eigenvalue weighted by atomic mass is 10.2. The molecule has 1 aromatic heterocycles. The SMILES string of the molecule is C/C=C\C(=C/C)CNc1nc(N)nc(N2CCOCC2)n1.C=CC.CC.CC. The van der Waals surface area contributed by atoms with E-state index in [4.69, 9.17) is 10.5 Å². The van der Waals surface area contributed by atoms with Gasteiger partial charge >= 0.3 is 0 Å². The Kier molecular flexibility index (Phi) is 19.2. The Morgan fingerprint density at radius 3 is 2.18 bits per heavy atom. The van der Waals surface area contributed by atoms with Crippen LogP contribution in [0.1, 0.15) is 48.5 Å². The van der Waals surface area contributed by atoms with Crippen molar-refractivity contribution < 1.29 is 4.74 Å². The number of nitrogen functional groups attached to an aromatic ring is 1. The van der Waals surface area contributed by atoms with Crippen molar-refractivity contribution in [3.8, 4) is 0 Å². The second kappa shape index (κ2) is 19.4. The minimum absolute atomic E-state index is 0.224. The van der Waals surface area contributed by atoms with Crippen molar-refractivity contribution in [1.82, 2.24) is 15.0 Å². The molecule has 0 unspecified atom stereocenters. The minimum Gasteiger partial charge on any atom is -0.378 e. The van der Waals surface area contributed by atoms with Gasteiger partial charge in [-0.2, -0.15) is 15.0 Å². The maximum absolute atomic E-state index is 5.77. The van der Waals surface area contributed by atoms with Crippen molar-refractivity contribution in [1.29, 1.82) is 0 Å². The molecule has 0 amide bonds. The van der Waals surface area contributed by atoms with Crippen LogP contribution < -0.4 is 16.0 Å². The maximum Gasteiger partial charge on any atom is 0.232 e. The third-order valence-corrected chi connectivity index (χ3v) is 3.14. The van der Waals surface area contributed by atoms with Crippen LogP contribution >= 0.6 is 0 Å². The number of nitrogens with zero attached hydrogens (tertiary/aromatic N) is 4. The van der Waals surface area contributed by atoms with Gasteiger partial charge in [0.1, 0.15) is 0 Å². The van der Waals surface area contributed by atoms with Gasteiger partial charge in [-0.3, -0.25) is 0 Å². The summed E-state index contributed by atoms with van der Waals surface area (Å²) >= 11 is 0. The van der Waals surface area contributed by atoms with Gasteiger partial charge in [0.25, 0.3) is 0 Å². The monoisotopic (exact) mass is 392 g/mol. The van der Waals surface area contributed by atoms with E-state index in [1.807, 2.05) is 66.7 Å². The first-order chi connectivity index (χ1) is 13.6. The van der Waals surface area contributed by atoms with E-state index >= 15 is 0 Å². The highest BCUT2D eigenvalue weighted by atomic mass is 16.5. The zero-order chi connectivity index (χ0) is 21.8. The van der Waals surface area contributed by atoms with Gasteiger partial charge in [0, 0.05) is 19.6 Å². The van der Waals surface area contributed by atoms with Gasteiger partial charge in [0.15, 0.2) is 0 Å². The summed E-state index contributed by atoms with van der Waals surface area (Å²) in [6.45, 7) is 20.8. The van der Waals surface area contributed by atoms with E-state index in [1.165, 1.54) is 0 Å². The Morgan fingerprint density at radius 2 is 1.68 bits per heavy atom. The van der Waals surface area contributed by atoms with E-state index in [9.17, 15) is 0 Å². The number of nitrogens with two attached hydrogens (primary N) is 1. The predicted octanol–water partition coefficient (Wildman–Crippen LogP) is 4.47. The summed E-state index contributed by atoms with van der Waals surface area (Å²) in [7, 11) is 0. The number of ether oxygens (including phenoxy) is 1. The molecule has 2 rings (SSSR count). The van der Waals surface area contributed by atoms with Gasteiger partial charge in [-0.15, -0.1) is 6.58 Å². The van der Waals surface area contributed by atoms with E-state index < -0.39 is 0 Å². The number of allylic oxidation sites excluding steroid dienone is 3. The lowest BCUT2D eigenvalue weighted by Gasteiger charge is -2.26. The van der Waals surface area contributed by atoms with Gasteiger partial charge in [-0.1, -0.05) is 52.0 Å². The van der Waals surface area contributed by atoms with Crippen LogP contribution in [0.15, 0.2) is 36.5 Å². The van der Waals surface area contributed by atoms with Crippen LogP contribution in [0.2, 0.25) is 0 Å². The molecular formula is C21H40N6O. The molecule has 7 nitrogen and oxygen atoms in total. The highest BCUT2D eigenvalue weighted by molar-refractivity contribution is 5.43. The molecule has 0 spiro atoms. The fourth-order valence-electron chi connectivity index (χ4n) is 2.02. The van der Waals surface area contributed by atoms with Crippen molar-refractivity contribution in [3.63, 3.8) is 0 Å². The Balaban J connectivity index is 0. The van der Waals surface area contributed by atoms with Gasteiger partial charge in [0.2, 0.25) is 17.8 Å². The van der Waals surface area contributed by atoms with Crippen molar-refractivity contribution in [2.24, 2.45) is 0 Å². The molecule has 0 bridgehead atoms. The van der Waals surface area contributed by atoms with E-state index in [0.29, 0.717) is 31.7 Å². The van der Waals surface area contributed by atoms with Crippen LogP contribution in [-0.4, -0.2) is 47.8 Å². The minimum atomic E-state index is 0.224. The van der Waals surface area contributed by atoms with Crippen LogP contribution in [0.4, 0.5) is 17.8 Å². The number of rotatable bonds is 5. The Morgan fingerprint density at radius 1 is 1.11 bits per heavy atom. The molecule has 1 aliphatic rings. The van der Waals surface area contributed by atoms with Gasteiger partial charge in [-0.05, 0) is 26.3 Å². The first kappa shape index (κ1) is 27.8. The molecule has 0 radical (unpaired) electrons. The van der Waals surface area contributed by atoms with E-state index in [-0.39, 0.29) is 5.95 Å². The quantitative estimate of drug-likeness (QED) is 0.564.